The fourth-order valence-corrected chi connectivity index (χ4v) is 13.8. The Morgan fingerprint density at radius 2 is 0.469 bits per heavy atom. The summed E-state index contributed by atoms with van der Waals surface area (Å²) in [7, 11) is -9.92. The molecule has 0 bridgehead atoms. The Kier molecular flexibility index (Phi) is 70.6. The highest BCUT2D eigenvalue weighted by atomic mass is 31.2. The normalized spacial score (nSPS) is 13.9. The summed E-state index contributed by atoms with van der Waals surface area (Å²) in [5.74, 6) is -1.32. The van der Waals surface area contributed by atoms with Crippen LogP contribution in [0.1, 0.15) is 420 Å². The molecule has 0 spiro atoms. The Bertz CT molecular complexity index is 1870. The van der Waals surface area contributed by atoms with Crippen LogP contribution in [0.3, 0.4) is 0 Å². The Hall–Kier alpha value is -1.94. The van der Waals surface area contributed by atoms with Crippen LogP contribution in [0.4, 0.5) is 0 Å². The fourth-order valence-electron chi connectivity index (χ4n) is 12.2. The SMILES string of the molecule is CCCCCCCCCCCCCCCCCCC(=O)OC[C@H](COP(=O)(O)OC[C@@H](O)COP(=O)(O)OC[C@@H](COC(=O)CCCCCCCCCCCCC)OC(=O)CCCCCCCCCCCCCCCCC)OC(=O)CCCCCCCCCCCCCCCC(C)C. The number of aliphatic hydroxyl groups excluding tert-OH is 1. The zero-order valence-electron chi connectivity index (χ0n) is 63.9. The number of esters is 4. The summed E-state index contributed by atoms with van der Waals surface area (Å²) in [4.78, 5) is 73.0. The van der Waals surface area contributed by atoms with Crippen molar-refractivity contribution in [3.05, 3.63) is 0 Å². The van der Waals surface area contributed by atoms with Crippen molar-refractivity contribution >= 4 is 39.5 Å². The lowest BCUT2D eigenvalue weighted by molar-refractivity contribution is -0.161. The van der Waals surface area contributed by atoms with E-state index < -0.39 is 97.5 Å². The van der Waals surface area contributed by atoms with Gasteiger partial charge in [0.05, 0.1) is 26.4 Å². The van der Waals surface area contributed by atoms with Crippen LogP contribution in [0, 0.1) is 5.92 Å². The molecule has 0 aliphatic rings. The number of aliphatic hydroxyl groups is 1. The van der Waals surface area contributed by atoms with Gasteiger partial charge in [0.1, 0.15) is 19.3 Å². The number of phosphoric ester groups is 2. The molecule has 0 aromatic heterocycles. The molecule has 0 aliphatic heterocycles. The lowest BCUT2D eigenvalue weighted by Crippen LogP contribution is -2.30. The smallest absolute Gasteiger partial charge is 0.462 e. The van der Waals surface area contributed by atoms with Crippen molar-refractivity contribution < 1.29 is 80.2 Å². The summed E-state index contributed by atoms with van der Waals surface area (Å²) >= 11 is 0. The Morgan fingerprint density at radius 3 is 0.694 bits per heavy atom. The number of phosphoric acid groups is 2. The number of carbonyl (C=O) groups is 4. The van der Waals surface area contributed by atoms with Crippen molar-refractivity contribution in [2.45, 2.75) is 438 Å². The molecule has 0 heterocycles. The maximum Gasteiger partial charge on any atom is 0.472 e. The third-order valence-electron chi connectivity index (χ3n) is 18.5. The number of rotatable bonds is 79. The molecule has 0 fully saturated rings. The number of hydrogen-bond donors (Lipinski definition) is 3. The van der Waals surface area contributed by atoms with Gasteiger partial charge in [0.2, 0.25) is 0 Å². The van der Waals surface area contributed by atoms with Crippen molar-refractivity contribution in [2.75, 3.05) is 39.6 Å². The number of hydrogen-bond acceptors (Lipinski definition) is 15. The molecule has 5 atom stereocenters. The zero-order valence-corrected chi connectivity index (χ0v) is 65.7. The van der Waals surface area contributed by atoms with Crippen LogP contribution in [0.15, 0.2) is 0 Å². The van der Waals surface area contributed by atoms with Gasteiger partial charge in [-0.1, -0.05) is 369 Å². The Labute approximate surface area is 600 Å². The maximum absolute atomic E-state index is 13.1. The molecule has 19 heteroatoms. The van der Waals surface area contributed by atoms with Gasteiger partial charge >= 0.3 is 39.5 Å². The molecule has 582 valence electrons. The minimum atomic E-state index is -4.96. The predicted molar refractivity (Wildman–Crippen MR) is 400 cm³/mol. The minimum Gasteiger partial charge on any atom is -0.462 e. The predicted octanol–water partition coefficient (Wildman–Crippen LogP) is 23.6. The molecule has 98 heavy (non-hydrogen) atoms. The van der Waals surface area contributed by atoms with Gasteiger partial charge in [-0.05, 0) is 31.6 Å². The van der Waals surface area contributed by atoms with E-state index in [1.807, 2.05) is 0 Å². The highest BCUT2D eigenvalue weighted by molar-refractivity contribution is 7.47. The van der Waals surface area contributed by atoms with Crippen LogP contribution >= 0.6 is 15.6 Å². The third kappa shape index (κ3) is 72.4. The van der Waals surface area contributed by atoms with E-state index in [9.17, 15) is 43.2 Å². The van der Waals surface area contributed by atoms with Gasteiger partial charge in [0.25, 0.3) is 0 Å². The average Bonchev–Trinajstić information content (AvgIpc) is 1.06. The van der Waals surface area contributed by atoms with Crippen LogP contribution in [0.2, 0.25) is 0 Å². The molecular formula is C79H154O17P2. The van der Waals surface area contributed by atoms with E-state index in [-0.39, 0.29) is 25.7 Å². The molecule has 2 unspecified atom stereocenters. The molecular weight excluding hydrogens is 1280 g/mol. The van der Waals surface area contributed by atoms with Gasteiger partial charge in [0.15, 0.2) is 12.2 Å². The maximum atomic E-state index is 13.1. The van der Waals surface area contributed by atoms with Crippen LogP contribution in [0.5, 0.6) is 0 Å². The molecule has 0 aromatic rings. The topological polar surface area (TPSA) is 237 Å². The molecule has 0 rings (SSSR count). The van der Waals surface area contributed by atoms with Gasteiger partial charge in [-0.2, -0.15) is 0 Å². The molecule has 0 saturated heterocycles. The van der Waals surface area contributed by atoms with E-state index >= 15 is 0 Å². The first kappa shape index (κ1) is 96.1. The highest BCUT2D eigenvalue weighted by Gasteiger charge is 2.30. The van der Waals surface area contributed by atoms with E-state index in [2.05, 4.69) is 34.6 Å². The van der Waals surface area contributed by atoms with E-state index in [0.29, 0.717) is 25.7 Å². The Balaban J connectivity index is 5.25. The lowest BCUT2D eigenvalue weighted by atomic mass is 10.0. The second-order valence-electron chi connectivity index (χ2n) is 28.9. The van der Waals surface area contributed by atoms with E-state index in [1.54, 1.807) is 0 Å². The van der Waals surface area contributed by atoms with Gasteiger partial charge in [-0.3, -0.25) is 37.3 Å². The van der Waals surface area contributed by atoms with Gasteiger partial charge < -0.3 is 33.8 Å². The second-order valence-corrected chi connectivity index (χ2v) is 31.8. The van der Waals surface area contributed by atoms with Crippen molar-refractivity contribution in [1.82, 2.24) is 0 Å². The standard InChI is InChI=1S/C79H154O17P2/c1-6-9-12-15-18-21-24-26-28-30-33-38-43-48-53-58-63-77(82)90-69-75(96-79(84)65-60-55-50-45-40-35-31-32-37-41-46-51-56-61-72(4)5)71-94-98(87,88)92-67-73(80)66-91-97(85,86)93-70-74(68-89-76(81)62-57-52-47-42-36-23-20-17-14-11-8-3)95-78(83)64-59-54-49-44-39-34-29-27-25-22-19-16-13-10-7-2/h72-75,80H,6-71H2,1-5H3,(H,85,86)(H,87,88)/t73-,74+,75+/m0/s1. The monoisotopic (exact) mass is 1440 g/mol. The number of ether oxygens (including phenoxy) is 4. The highest BCUT2D eigenvalue weighted by Crippen LogP contribution is 2.45. The first-order valence-electron chi connectivity index (χ1n) is 41.1. The van der Waals surface area contributed by atoms with E-state index in [4.69, 9.17) is 37.0 Å². The zero-order chi connectivity index (χ0) is 71.9. The summed E-state index contributed by atoms with van der Waals surface area (Å²) in [6.07, 6.45) is 62.2. The summed E-state index contributed by atoms with van der Waals surface area (Å²) < 4.78 is 68.7. The average molecular weight is 1440 g/mol. The summed E-state index contributed by atoms with van der Waals surface area (Å²) in [6, 6.07) is 0. The minimum absolute atomic E-state index is 0.108. The summed E-state index contributed by atoms with van der Waals surface area (Å²) in [5, 5.41) is 10.6. The van der Waals surface area contributed by atoms with Gasteiger partial charge in [0, 0.05) is 25.7 Å². The summed E-state index contributed by atoms with van der Waals surface area (Å²) in [6.45, 7) is 7.34. The third-order valence-corrected chi connectivity index (χ3v) is 20.4. The quantitative estimate of drug-likeness (QED) is 0.0222. The van der Waals surface area contributed by atoms with Crippen molar-refractivity contribution in [1.29, 1.82) is 0 Å². The molecule has 0 aliphatic carbocycles. The number of unbranched alkanes of at least 4 members (excludes halogenated alkanes) is 51. The second kappa shape index (κ2) is 72.0. The largest absolute Gasteiger partial charge is 0.472 e. The number of carbonyl (C=O) groups excluding carboxylic acids is 4. The first-order chi connectivity index (χ1) is 47.5. The molecule has 3 N–H and O–H groups in total. The molecule has 0 aromatic carbocycles. The van der Waals surface area contributed by atoms with Crippen molar-refractivity contribution in [2.24, 2.45) is 5.92 Å². The van der Waals surface area contributed by atoms with Crippen molar-refractivity contribution in [3.8, 4) is 0 Å². The Morgan fingerprint density at radius 1 is 0.276 bits per heavy atom. The van der Waals surface area contributed by atoms with Crippen molar-refractivity contribution in [3.63, 3.8) is 0 Å². The fraction of sp³-hybridized carbons (Fsp3) is 0.949. The molecule has 0 radical (unpaired) electrons. The molecule has 0 amide bonds. The molecule has 17 nitrogen and oxygen atoms in total. The van der Waals surface area contributed by atoms with Crippen LogP contribution in [0.25, 0.3) is 0 Å². The van der Waals surface area contributed by atoms with Crippen LogP contribution < -0.4 is 0 Å². The van der Waals surface area contributed by atoms with Gasteiger partial charge in [-0.15, -0.1) is 0 Å². The van der Waals surface area contributed by atoms with Gasteiger partial charge in [-0.25, -0.2) is 9.13 Å². The lowest BCUT2D eigenvalue weighted by Gasteiger charge is -2.21. The van der Waals surface area contributed by atoms with E-state index in [0.717, 1.165) is 95.8 Å². The van der Waals surface area contributed by atoms with E-state index in [1.165, 1.54) is 244 Å². The summed E-state index contributed by atoms with van der Waals surface area (Å²) in [5.41, 5.74) is 0. The van der Waals surface area contributed by atoms with Crippen LogP contribution in [-0.4, -0.2) is 96.7 Å². The first-order valence-corrected chi connectivity index (χ1v) is 44.1. The molecule has 0 saturated carbocycles. The van der Waals surface area contributed by atoms with Crippen LogP contribution in [-0.2, 0) is 65.4 Å².